The summed E-state index contributed by atoms with van der Waals surface area (Å²) < 4.78 is 33.2. The molecule has 94 valence electrons. The van der Waals surface area contributed by atoms with E-state index in [-0.39, 0.29) is 0 Å². The minimum absolute atomic E-state index is 0.291. The molecule has 4 nitrogen and oxygen atoms in total. The van der Waals surface area contributed by atoms with Crippen LogP contribution in [-0.4, -0.2) is 42.4 Å². The lowest BCUT2D eigenvalue weighted by atomic mass is 9.94. The number of ether oxygens (including phenoxy) is 2. The maximum atomic E-state index is 11.9. The van der Waals surface area contributed by atoms with Crippen LogP contribution in [0.3, 0.4) is 0 Å². The van der Waals surface area contributed by atoms with Gasteiger partial charge in [0.25, 0.3) is 0 Å². The van der Waals surface area contributed by atoms with Gasteiger partial charge in [-0.25, -0.2) is 4.79 Å². The van der Waals surface area contributed by atoms with Crippen molar-refractivity contribution >= 4 is 6.09 Å². The third-order valence-corrected chi connectivity index (χ3v) is 2.61. The molecular weight excluding hydrogens is 206 g/mol. The van der Waals surface area contributed by atoms with E-state index in [1.807, 2.05) is 0 Å². The maximum absolute atomic E-state index is 11.9. The predicted molar refractivity (Wildman–Crippen MR) is 62.5 cm³/mol. The highest BCUT2D eigenvalue weighted by atomic mass is 16.6. The van der Waals surface area contributed by atoms with Crippen LogP contribution in [0.1, 0.15) is 44.6 Å². The normalized spacial score (nSPS) is 24.2. The summed E-state index contributed by atoms with van der Waals surface area (Å²) in [5.41, 5.74) is -1.69. The second kappa shape index (κ2) is 4.62. The SMILES string of the molecule is [2H]C([2H])([2H])C1(OC)CCN(C(=O)OC(C)(C)C)CC1. The topological polar surface area (TPSA) is 38.8 Å². The summed E-state index contributed by atoms with van der Waals surface area (Å²) in [4.78, 5) is 13.4. The molecule has 1 aliphatic heterocycles. The summed E-state index contributed by atoms with van der Waals surface area (Å²) in [6.07, 6.45) is 0.182. The standard InChI is InChI=1S/C12H23NO3/c1-11(2,3)16-10(14)13-8-6-12(4,15-5)7-9-13/h6-9H2,1-5H3/i4D3. The zero-order valence-electron chi connectivity index (χ0n) is 13.5. The van der Waals surface area contributed by atoms with E-state index in [4.69, 9.17) is 13.6 Å². The number of hydrogen-bond donors (Lipinski definition) is 0. The number of amides is 1. The molecule has 0 aromatic heterocycles. The molecule has 0 aromatic carbocycles. The van der Waals surface area contributed by atoms with E-state index in [0.29, 0.717) is 25.9 Å². The summed E-state index contributed by atoms with van der Waals surface area (Å²) in [6, 6.07) is 0. The number of likely N-dealkylation sites (tertiary alicyclic amines) is 1. The summed E-state index contributed by atoms with van der Waals surface area (Å²) >= 11 is 0. The van der Waals surface area contributed by atoms with Gasteiger partial charge in [0.1, 0.15) is 5.60 Å². The summed E-state index contributed by atoms with van der Waals surface area (Å²) in [5.74, 6) is 0. The van der Waals surface area contributed by atoms with Gasteiger partial charge in [0.2, 0.25) is 0 Å². The quantitative estimate of drug-likeness (QED) is 0.697. The van der Waals surface area contributed by atoms with Gasteiger partial charge >= 0.3 is 6.09 Å². The molecule has 1 amide bonds. The highest BCUT2D eigenvalue weighted by Gasteiger charge is 2.33. The first-order valence-corrected chi connectivity index (χ1v) is 5.54. The van der Waals surface area contributed by atoms with Gasteiger partial charge in [-0.15, -0.1) is 0 Å². The lowest BCUT2D eigenvalue weighted by Gasteiger charge is -2.38. The third-order valence-electron chi connectivity index (χ3n) is 2.61. The third kappa shape index (κ3) is 3.67. The van der Waals surface area contributed by atoms with Crippen molar-refractivity contribution in [1.82, 2.24) is 4.90 Å². The van der Waals surface area contributed by atoms with Crippen molar-refractivity contribution in [2.24, 2.45) is 0 Å². The monoisotopic (exact) mass is 232 g/mol. The van der Waals surface area contributed by atoms with Crippen LogP contribution in [0.25, 0.3) is 0 Å². The Bertz CT molecular complexity index is 328. The van der Waals surface area contributed by atoms with Gasteiger partial charge in [0.15, 0.2) is 0 Å². The van der Waals surface area contributed by atoms with E-state index in [2.05, 4.69) is 0 Å². The number of carbonyl (C=O) groups is 1. The van der Waals surface area contributed by atoms with Crippen LogP contribution in [0.5, 0.6) is 0 Å². The Morgan fingerprint density at radius 2 is 1.94 bits per heavy atom. The molecule has 1 fully saturated rings. The van der Waals surface area contributed by atoms with Crippen molar-refractivity contribution in [1.29, 1.82) is 0 Å². The van der Waals surface area contributed by atoms with Crippen LogP contribution in [0.2, 0.25) is 0 Å². The molecular formula is C12H23NO3. The fraction of sp³-hybridized carbons (Fsp3) is 0.917. The van der Waals surface area contributed by atoms with E-state index < -0.39 is 24.1 Å². The summed E-state index contributed by atoms with van der Waals surface area (Å²) in [5, 5.41) is 0. The van der Waals surface area contributed by atoms with Gasteiger partial charge in [0.05, 0.1) is 5.60 Å². The highest BCUT2D eigenvalue weighted by Crippen LogP contribution is 2.25. The maximum Gasteiger partial charge on any atom is 0.410 e. The molecule has 1 saturated heterocycles. The van der Waals surface area contributed by atoms with Crippen molar-refractivity contribution < 1.29 is 18.4 Å². The van der Waals surface area contributed by atoms with Gasteiger partial charge in [-0.05, 0) is 40.5 Å². The lowest BCUT2D eigenvalue weighted by Crippen LogP contribution is -2.47. The van der Waals surface area contributed by atoms with E-state index >= 15 is 0 Å². The van der Waals surface area contributed by atoms with Crippen molar-refractivity contribution in [3.8, 4) is 0 Å². The average molecular weight is 232 g/mol. The minimum Gasteiger partial charge on any atom is -0.444 e. The van der Waals surface area contributed by atoms with Gasteiger partial charge in [-0.2, -0.15) is 0 Å². The molecule has 0 spiro atoms. The van der Waals surface area contributed by atoms with Gasteiger partial charge in [-0.3, -0.25) is 0 Å². The van der Waals surface area contributed by atoms with E-state index in [9.17, 15) is 4.79 Å². The molecule has 0 atom stereocenters. The molecule has 0 N–H and O–H groups in total. The lowest BCUT2D eigenvalue weighted by molar-refractivity contribution is -0.0479. The molecule has 1 heterocycles. The summed E-state index contributed by atoms with van der Waals surface area (Å²) in [7, 11) is 1.41. The molecule has 4 heteroatoms. The van der Waals surface area contributed by atoms with E-state index in [0.717, 1.165) is 0 Å². The first kappa shape index (κ1) is 9.28. The molecule has 0 unspecified atom stereocenters. The second-order valence-electron chi connectivity index (χ2n) is 5.17. The summed E-state index contributed by atoms with van der Waals surface area (Å²) in [6.45, 7) is 3.90. The Balaban J connectivity index is 2.64. The van der Waals surface area contributed by atoms with Crippen LogP contribution in [0.15, 0.2) is 0 Å². The van der Waals surface area contributed by atoms with E-state index in [1.165, 1.54) is 12.0 Å². The smallest absolute Gasteiger partial charge is 0.410 e. The van der Waals surface area contributed by atoms with Crippen LogP contribution in [-0.2, 0) is 9.47 Å². The Kier molecular flexibility index (Phi) is 2.68. The molecule has 0 aromatic rings. The fourth-order valence-electron chi connectivity index (χ4n) is 1.58. The average Bonchev–Trinajstić information content (AvgIpc) is 2.25. The van der Waals surface area contributed by atoms with Crippen molar-refractivity contribution in [3.05, 3.63) is 0 Å². The predicted octanol–water partition coefficient (Wildman–Crippen LogP) is 2.42. The molecule has 0 bridgehead atoms. The molecule has 0 radical (unpaired) electrons. The first-order chi connectivity index (χ1) is 8.51. The Morgan fingerprint density at radius 1 is 1.38 bits per heavy atom. The molecule has 1 aliphatic rings. The number of carbonyl (C=O) groups excluding carboxylic acids is 1. The molecule has 1 rings (SSSR count). The fourth-order valence-corrected chi connectivity index (χ4v) is 1.58. The first-order valence-electron chi connectivity index (χ1n) is 7.04. The van der Waals surface area contributed by atoms with Crippen LogP contribution in [0, 0.1) is 0 Å². The number of methoxy groups -OCH3 is 1. The second-order valence-corrected chi connectivity index (χ2v) is 5.17. The number of hydrogen-bond acceptors (Lipinski definition) is 3. The highest BCUT2D eigenvalue weighted by molar-refractivity contribution is 5.68. The van der Waals surface area contributed by atoms with Gasteiger partial charge < -0.3 is 14.4 Å². The van der Waals surface area contributed by atoms with E-state index in [1.54, 1.807) is 20.8 Å². The Morgan fingerprint density at radius 3 is 2.31 bits per heavy atom. The zero-order chi connectivity index (χ0) is 14.9. The van der Waals surface area contributed by atoms with Crippen LogP contribution < -0.4 is 0 Å². The Hall–Kier alpha value is -0.770. The zero-order valence-corrected chi connectivity index (χ0v) is 10.5. The van der Waals surface area contributed by atoms with Crippen molar-refractivity contribution in [3.63, 3.8) is 0 Å². The molecule has 0 aliphatic carbocycles. The number of piperidine rings is 1. The van der Waals surface area contributed by atoms with Crippen molar-refractivity contribution in [2.45, 2.75) is 51.7 Å². The molecule has 0 saturated carbocycles. The van der Waals surface area contributed by atoms with Crippen LogP contribution >= 0.6 is 0 Å². The van der Waals surface area contributed by atoms with Crippen molar-refractivity contribution in [2.75, 3.05) is 20.2 Å². The van der Waals surface area contributed by atoms with Crippen LogP contribution in [0.4, 0.5) is 4.79 Å². The molecule has 16 heavy (non-hydrogen) atoms. The largest absolute Gasteiger partial charge is 0.444 e. The van der Waals surface area contributed by atoms with Gasteiger partial charge in [-0.1, -0.05) is 0 Å². The number of nitrogens with zero attached hydrogens (tertiary/aromatic N) is 1. The Labute approximate surface area is 102 Å². The number of rotatable bonds is 1. The minimum atomic E-state index is -2.18. The van der Waals surface area contributed by atoms with Gasteiger partial charge in [0, 0.05) is 24.3 Å².